The molecule has 4 heteroatoms. The SMILES string of the molecule is Cc1ccc(S(=O)C2CC(C)(C)OC2(C)C)c(N)c1. The summed E-state index contributed by atoms with van der Waals surface area (Å²) in [6.45, 7) is 10.1. The van der Waals surface area contributed by atoms with Gasteiger partial charge in [-0.25, -0.2) is 0 Å². The van der Waals surface area contributed by atoms with Crippen LogP contribution < -0.4 is 5.73 Å². The van der Waals surface area contributed by atoms with Crippen molar-refractivity contribution in [1.29, 1.82) is 0 Å². The van der Waals surface area contributed by atoms with E-state index < -0.39 is 16.4 Å². The maximum atomic E-state index is 12.8. The van der Waals surface area contributed by atoms with Gasteiger partial charge in [0, 0.05) is 5.69 Å². The first-order valence-corrected chi connectivity index (χ1v) is 7.80. The lowest BCUT2D eigenvalue weighted by Crippen LogP contribution is -2.36. The topological polar surface area (TPSA) is 52.3 Å². The molecule has 3 nitrogen and oxygen atoms in total. The number of nitrogen functional groups attached to an aromatic ring is 1. The van der Waals surface area contributed by atoms with E-state index in [0.29, 0.717) is 5.69 Å². The van der Waals surface area contributed by atoms with Crippen LogP contribution in [-0.2, 0) is 15.5 Å². The molecule has 2 unspecified atom stereocenters. The molecule has 1 aromatic carbocycles. The summed E-state index contributed by atoms with van der Waals surface area (Å²) in [5, 5.41) is -0.0347. The van der Waals surface area contributed by atoms with E-state index in [0.717, 1.165) is 16.9 Å². The minimum atomic E-state index is -1.14. The first-order chi connectivity index (χ1) is 8.62. The third-order valence-electron chi connectivity index (χ3n) is 3.63. The van der Waals surface area contributed by atoms with E-state index in [2.05, 4.69) is 0 Å². The van der Waals surface area contributed by atoms with Crippen molar-refractivity contribution in [3.05, 3.63) is 23.8 Å². The molecule has 0 bridgehead atoms. The van der Waals surface area contributed by atoms with Gasteiger partial charge in [0.25, 0.3) is 0 Å². The Labute approximate surface area is 118 Å². The molecular formula is C15H23NO2S. The third-order valence-corrected chi connectivity index (χ3v) is 5.69. The van der Waals surface area contributed by atoms with Crippen molar-refractivity contribution in [3.8, 4) is 0 Å². The Morgan fingerprint density at radius 3 is 2.42 bits per heavy atom. The number of benzene rings is 1. The number of anilines is 1. The van der Waals surface area contributed by atoms with Crippen LogP contribution in [0, 0.1) is 6.92 Å². The smallest absolute Gasteiger partial charge is 0.0781 e. The van der Waals surface area contributed by atoms with Crippen LogP contribution >= 0.6 is 0 Å². The average Bonchev–Trinajstić information content (AvgIpc) is 2.45. The van der Waals surface area contributed by atoms with Crippen molar-refractivity contribution in [2.45, 2.75) is 62.4 Å². The first kappa shape index (κ1) is 14.5. The molecule has 106 valence electrons. The predicted molar refractivity (Wildman–Crippen MR) is 79.6 cm³/mol. The molecule has 19 heavy (non-hydrogen) atoms. The third kappa shape index (κ3) is 2.84. The Morgan fingerprint density at radius 1 is 1.32 bits per heavy atom. The van der Waals surface area contributed by atoms with E-state index >= 15 is 0 Å². The first-order valence-electron chi connectivity index (χ1n) is 6.59. The normalized spacial score (nSPS) is 26.3. The van der Waals surface area contributed by atoms with Crippen LogP contribution in [0.5, 0.6) is 0 Å². The number of rotatable bonds is 2. The second-order valence-electron chi connectivity index (χ2n) is 6.50. The van der Waals surface area contributed by atoms with Gasteiger partial charge in [-0.3, -0.25) is 4.21 Å². The summed E-state index contributed by atoms with van der Waals surface area (Å²) in [5.74, 6) is 0. The summed E-state index contributed by atoms with van der Waals surface area (Å²) in [7, 11) is -1.14. The van der Waals surface area contributed by atoms with Crippen molar-refractivity contribution in [2.24, 2.45) is 0 Å². The zero-order valence-electron chi connectivity index (χ0n) is 12.3. The number of hydrogen-bond donors (Lipinski definition) is 1. The van der Waals surface area contributed by atoms with E-state index in [1.165, 1.54) is 0 Å². The zero-order chi connectivity index (χ0) is 14.4. The lowest BCUT2D eigenvalue weighted by molar-refractivity contribution is -0.0633. The molecule has 0 saturated carbocycles. The molecule has 2 N–H and O–H groups in total. The second kappa shape index (κ2) is 4.60. The Kier molecular flexibility index (Phi) is 3.52. The van der Waals surface area contributed by atoms with Crippen molar-refractivity contribution < 1.29 is 8.95 Å². The summed E-state index contributed by atoms with van der Waals surface area (Å²) in [6, 6.07) is 5.71. The standard InChI is InChI=1S/C15H23NO2S/c1-10-6-7-12(11(16)8-10)19(17)13-9-14(2,3)18-15(13,4)5/h6-8,13H,9,16H2,1-5H3. The van der Waals surface area contributed by atoms with Crippen LogP contribution in [0.2, 0.25) is 0 Å². The minimum Gasteiger partial charge on any atom is -0.398 e. The van der Waals surface area contributed by atoms with Gasteiger partial charge in [0.2, 0.25) is 0 Å². The van der Waals surface area contributed by atoms with Gasteiger partial charge >= 0.3 is 0 Å². The van der Waals surface area contributed by atoms with Crippen molar-refractivity contribution in [1.82, 2.24) is 0 Å². The van der Waals surface area contributed by atoms with Crippen LogP contribution in [0.25, 0.3) is 0 Å². The molecular weight excluding hydrogens is 258 g/mol. The molecule has 1 aromatic rings. The van der Waals surface area contributed by atoms with E-state index in [4.69, 9.17) is 10.5 Å². The van der Waals surface area contributed by atoms with Crippen LogP contribution in [-0.4, -0.2) is 20.7 Å². The van der Waals surface area contributed by atoms with Crippen LogP contribution in [0.15, 0.2) is 23.1 Å². The predicted octanol–water partition coefficient (Wildman–Crippen LogP) is 3.03. The fourth-order valence-corrected chi connectivity index (χ4v) is 4.77. The van der Waals surface area contributed by atoms with Crippen molar-refractivity contribution >= 4 is 16.5 Å². The molecule has 1 heterocycles. The molecule has 0 spiro atoms. The molecule has 1 aliphatic rings. The van der Waals surface area contributed by atoms with Crippen LogP contribution in [0.4, 0.5) is 5.69 Å². The highest BCUT2D eigenvalue weighted by molar-refractivity contribution is 7.86. The molecule has 0 radical (unpaired) electrons. The van der Waals surface area contributed by atoms with Crippen LogP contribution in [0.3, 0.4) is 0 Å². The Balaban J connectivity index is 2.34. The van der Waals surface area contributed by atoms with Gasteiger partial charge in [0.15, 0.2) is 0 Å². The molecule has 0 aliphatic carbocycles. The highest BCUT2D eigenvalue weighted by Gasteiger charge is 2.49. The molecule has 2 rings (SSSR count). The monoisotopic (exact) mass is 281 g/mol. The van der Waals surface area contributed by atoms with E-state index in [-0.39, 0.29) is 10.9 Å². The quantitative estimate of drug-likeness (QED) is 0.848. The van der Waals surface area contributed by atoms with Crippen molar-refractivity contribution in [3.63, 3.8) is 0 Å². The molecule has 1 saturated heterocycles. The van der Waals surface area contributed by atoms with Crippen LogP contribution in [0.1, 0.15) is 39.7 Å². The summed E-state index contributed by atoms with van der Waals surface area (Å²) < 4.78 is 18.9. The van der Waals surface area contributed by atoms with E-state index in [9.17, 15) is 4.21 Å². The fourth-order valence-electron chi connectivity index (χ4n) is 2.85. The second-order valence-corrected chi connectivity index (χ2v) is 8.10. The van der Waals surface area contributed by atoms with Gasteiger partial charge in [-0.2, -0.15) is 0 Å². The number of ether oxygens (including phenoxy) is 1. The summed E-state index contributed by atoms with van der Waals surface area (Å²) >= 11 is 0. The summed E-state index contributed by atoms with van der Waals surface area (Å²) in [5.41, 5.74) is 7.08. The number of nitrogens with two attached hydrogens (primary N) is 1. The maximum absolute atomic E-state index is 12.8. The van der Waals surface area contributed by atoms with Crippen molar-refractivity contribution in [2.75, 3.05) is 5.73 Å². The molecule has 1 fully saturated rings. The van der Waals surface area contributed by atoms with Gasteiger partial charge in [-0.15, -0.1) is 0 Å². The largest absolute Gasteiger partial charge is 0.398 e. The van der Waals surface area contributed by atoms with E-state index in [1.807, 2.05) is 52.8 Å². The Morgan fingerprint density at radius 2 is 1.95 bits per heavy atom. The van der Waals surface area contributed by atoms with Gasteiger partial charge in [0.05, 0.1) is 32.1 Å². The number of hydrogen-bond acceptors (Lipinski definition) is 3. The Hall–Kier alpha value is -0.870. The molecule has 0 aromatic heterocycles. The lowest BCUT2D eigenvalue weighted by Gasteiger charge is -2.27. The van der Waals surface area contributed by atoms with Gasteiger partial charge in [0.1, 0.15) is 0 Å². The average molecular weight is 281 g/mol. The summed E-state index contributed by atoms with van der Waals surface area (Å²) in [4.78, 5) is 0.727. The number of aryl methyl sites for hydroxylation is 1. The molecule has 0 amide bonds. The van der Waals surface area contributed by atoms with Gasteiger partial charge in [-0.05, 0) is 58.7 Å². The fraction of sp³-hybridized carbons (Fsp3) is 0.600. The molecule has 2 atom stereocenters. The van der Waals surface area contributed by atoms with Gasteiger partial charge < -0.3 is 10.5 Å². The van der Waals surface area contributed by atoms with Gasteiger partial charge in [-0.1, -0.05) is 6.07 Å². The highest BCUT2D eigenvalue weighted by atomic mass is 32.2. The highest BCUT2D eigenvalue weighted by Crippen LogP contribution is 2.42. The maximum Gasteiger partial charge on any atom is 0.0781 e. The lowest BCUT2D eigenvalue weighted by atomic mass is 10.0. The zero-order valence-corrected chi connectivity index (χ0v) is 13.1. The summed E-state index contributed by atoms with van der Waals surface area (Å²) in [6.07, 6.45) is 0.778. The Bertz CT molecular complexity index is 523. The molecule has 1 aliphatic heterocycles. The van der Waals surface area contributed by atoms with E-state index in [1.54, 1.807) is 0 Å². The minimum absolute atomic E-state index is 0.0347.